The van der Waals surface area contributed by atoms with Crippen molar-refractivity contribution >= 4 is 22.1 Å². The highest BCUT2D eigenvalue weighted by Crippen LogP contribution is 2.33. The maximum absolute atomic E-state index is 4.79. The first-order valence-corrected chi connectivity index (χ1v) is 12.4. The minimum Gasteiger partial charge on any atom is -0.299 e. The van der Waals surface area contributed by atoms with Crippen molar-refractivity contribution in [3.8, 4) is 22.5 Å². The molecule has 0 aliphatic heterocycles. The molecule has 0 aliphatic rings. The zero-order valence-electron chi connectivity index (χ0n) is 21.7. The maximum atomic E-state index is 4.79. The molecule has 4 heteroatoms. The zero-order chi connectivity index (χ0) is 25.1. The van der Waals surface area contributed by atoms with Gasteiger partial charge in [0.2, 0.25) is 0 Å². The number of fused-ring (bicyclic) bond motifs is 2. The molecule has 0 N–H and O–H groups in total. The van der Waals surface area contributed by atoms with Gasteiger partial charge in [-0.25, -0.2) is 9.97 Å². The van der Waals surface area contributed by atoms with E-state index in [0.717, 1.165) is 22.1 Å². The SMILES string of the molecule is Cc1cc(C)c(-n2cnc3cc(-c4cc(C)c(-n5cnc6cc(C)ccc65)cc4C)ccc32)c(C)c1. The predicted molar refractivity (Wildman–Crippen MR) is 150 cm³/mol. The summed E-state index contributed by atoms with van der Waals surface area (Å²) in [5, 5.41) is 0. The number of imidazole rings is 2. The first kappa shape index (κ1) is 22.3. The van der Waals surface area contributed by atoms with Crippen molar-refractivity contribution < 1.29 is 0 Å². The van der Waals surface area contributed by atoms with Crippen LogP contribution in [0.5, 0.6) is 0 Å². The minimum absolute atomic E-state index is 1.00. The Bertz CT molecular complexity index is 1780. The highest BCUT2D eigenvalue weighted by Gasteiger charge is 2.14. The van der Waals surface area contributed by atoms with Gasteiger partial charge in [-0.1, -0.05) is 29.8 Å². The van der Waals surface area contributed by atoms with Crippen molar-refractivity contribution in [2.75, 3.05) is 0 Å². The van der Waals surface area contributed by atoms with Gasteiger partial charge in [0, 0.05) is 0 Å². The second-order valence-corrected chi connectivity index (χ2v) is 10.1. The largest absolute Gasteiger partial charge is 0.299 e. The molecule has 0 aliphatic carbocycles. The number of aryl methyl sites for hydroxylation is 6. The van der Waals surface area contributed by atoms with Gasteiger partial charge in [-0.05, 0) is 117 Å². The van der Waals surface area contributed by atoms with Crippen molar-refractivity contribution in [1.82, 2.24) is 19.1 Å². The molecular weight excluding hydrogens is 440 g/mol. The van der Waals surface area contributed by atoms with E-state index in [0.29, 0.717) is 0 Å². The molecule has 6 rings (SSSR count). The van der Waals surface area contributed by atoms with E-state index in [2.05, 4.69) is 116 Å². The average molecular weight is 471 g/mol. The molecule has 0 fully saturated rings. The maximum Gasteiger partial charge on any atom is 0.100 e. The second kappa shape index (κ2) is 8.20. The third-order valence-electron chi connectivity index (χ3n) is 7.24. The minimum atomic E-state index is 1.00. The van der Waals surface area contributed by atoms with Gasteiger partial charge in [0.25, 0.3) is 0 Å². The monoisotopic (exact) mass is 470 g/mol. The molecular formula is C32H30N4. The van der Waals surface area contributed by atoms with Crippen LogP contribution < -0.4 is 0 Å². The Morgan fingerprint density at radius 1 is 0.528 bits per heavy atom. The molecule has 6 aromatic rings. The molecule has 0 unspecified atom stereocenters. The molecule has 4 nitrogen and oxygen atoms in total. The van der Waals surface area contributed by atoms with E-state index in [-0.39, 0.29) is 0 Å². The van der Waals surface area contributed by atoms with E-state index in [4.69, 9.17) is 4.98 Å². The topological polar surface area (TPSA) is 35.6 Å². The van der Waals surface area contributed by atoms with Crippen molar-refractivity contribution in [3.63, 3.8) is 0 Å². The van der Waals surface area contributed by atoms with E-state index >= 15 is 0 Å². The van der Waals surface area contributed by atoms with Crippen LogP contribution in [0.4, 0.5) is 0 Å². The lowest BCUT2D eigenvalue weighted by molar-refractivity contribution is 1.05. The van der Waals surface area contributed by atoms with Crippen LogP contribution in [0.15, 0.2) is 73.3 Å². The summed E-state index contributed by atoms with van der Waals surface area (Å²) in [6, 6.07) is 22.1. The molecule has 0 radical (unpaired) electrons. The lowest BCUT2D eigenvalue weighted by Gasteiger charge is -2.15. The summed E-state index contributed by atoms with van der Waals surface area (Å²) < 4.78 is 4.41. The summed E-state index contributed by atoms with van der Waals surface area (Å²) in [7, 11) is 0. The first-order chi connectivity index (χ1) is 17.3. The van der Waals surface area contributed by atoms with Gasteiger partial charge in [-0.2, -0.15) is 0 Å². The average Bonchev–Trinajstić information content (AvgIpc) is 3.43. The molecule has 36 heavy (non-hydrogen) atoms. The fourth-order valence-electron chi connectivity index (χ4n) is 5.60. The second-order valence-electron chi connectivity index (χ2n) is 10.1. The van der Waals surface area contributed by atoms with Crippen LogP contribution in [-0.2, 0) is 0 Å². The Labute approximate surface area is 211 Å². The molecule has 4 aromatic carbocycles. The van der Waals surface area contributed by atoms with Gasteiger partial charge in [0.15, 0.2) is 0 Å². The Morgan fingerprint density at radius 2 is 1.17 bits per heavy atom. The molecule has 0 saturated carbocycles. The molecule has 0 saturated heterocycles. The Balaban J connectivity index is 1.43. The van der Waals surface area contributed by atoms with Crippen LogP contribution in [-0.4, -0.2) is 19.1 Å². The molecule has 0 spiro atoms. The third-order valence-corrected chi connectivity index (χ3v) is 7.24. The number of benzene rings is 4. The number of rotatable bonds is 3. The number of hydrogen-bond acceptors (Lipinski definition) is 2. The van der Waals surface area contributed by atoms with Gasteiger partial charge >= 0.3 is 0 Å². The quantitative estimate of drug-likeness (QED) is 0.264. The summed E-state index contributed by atoms with van der Waals surface area (Å²) in [5.74, 6) is 0. The molecule has 0 atom stereocenters. The van der Waals surface area contributed by atoms with Gasteiger partial charge in [0.1, 0.15) is 12.7 Å². The first-order valence-electron chi connectivity index (χ1n) is 12.4. The third kappa shape index (κ3) is 3.53. The van der Waals surface area contributed by atoms with Crippen LogP contribution in [0.2, 0.25) is 0 Å². The van der Waals surface area contributed by atoms with Crippen molar-refractivity contribution in [1.29, 1.82) is 0 Å². The lowest BCUT2D eigenvalue weighted by atomic mass is 9.96. The predicted octanol–water partition coefficient (Wildman–Crippen LogP) is 7.88. The molecule has 2 aromatic heterocycles. The van der Waals surface area contributed by atoms with Crippen molar-refractivity contribution in [2.45, 2.75) is 41.5 Å². The number of nitrogens with zero attached hydrogens (tertiary/aromatic N) is 4. The number of aromatic nitrogens is 4. The number of hydrogen-bond donors (Lipinski definition) is 0. The molecule has 0 bridgehead atoms. The molecule has 178 valence electrons. The van der Waals surface area contributed by atoms with Crippen LogP contribution >= 0.6 is 0 Å². The molecule has 0 amide bonds. The van der Waals surface area contributed by atoms with E-state index < -0.39 is 0 Å². The summed E-state index contributed by atoms with van der Waals surface area (Å²) >= 11 is 0. The highest BCUT2D eigenvalue weighted by atomic mass is 15.1. The highest BCUT2D eigenvalue weighted by molar-refractivity contribution is 5.85. The normalized spacial score (nSPS) is 11.6. The van der Waals surface area contributed by atoms with Gasteiger partial charge in [-0.15, -0.1) is 0 Å². The Morgan fingerprint density at radius 3 is 1.92 bits per heavy atom. The fraction of sp³-hybridized carbons (Fsp3) is 0.188. The summed E-state index contributed by atoms with van der Waals surface area (Å²) in [5.41, 5.74) is 16.6. The van der Waals surface area contributed by atoms with Crippen molar-refractivity contribution in [3.05, 3.63) is 107 Å². The van der Waals surface area contributed by atoms with E-state index in [1.165, 1.54) is 55.9 Å². The lowest BCUT2D eigenvalue weighted by Crippen LogP contribution is -2.00. The summed E-state index contributed by atoms with van der Waals surface area (Å²) in [6.07, 6.45) is 3.88. The van der Waals surface area contributed by atoms with E-state index in [1.54, 1.807) is 0 Å². The van der Waals surface area contributed by atoms with Crippen LogP contribution in [0.3, 0.4) is 0 Å². The van der Waals surface area contributed by atoms with Crippen LogP contribution in [0, 0.1) is 41.5 Å². The van der Waals surface area contributed by atoms with Crippen LogP contribution in [0.25, 0.3) is 44.6 Å². The van der Waals surface area contributed by atoms with Gasteiger partial charge in [-0.3, -0.25) is 9.13 Å². The summed E-state index contributed by atoms with van der Waals surface area (Å²) in [6.45, 7) is 13.0. The fourth-order valence-corrected chi connectivity index (χ4v) is 5.60. The standard InChI is InChI=1S/C32H30N4/c1-19-7-9-29-27(13-19)33-17-35(29)31-15-21(3)26(14-22(31)4)25-8-10-30-28(16-25)34-18-36(30)32-23(5)11-20(2)12-24(32)6/h7-18H,1-6H3. The van der Waals surface area contributed by atoms with Crippen LogP contribution in [0.1, 0.15) is 33.4 Å². The summed E-state index contributed by atoms with van der Waals surface area (Å²) in [4.78, 5) is 9.43. The van der Waals surface area contributed by atoms with Crippen molar-refractivity contribution in [2.24, 2.45) is 0 Å². The Hall–Kier alpha value is -4.18. The Kier molecular flexibility index (Phi) is 5.08. The van der Waals surface area contributed by atoms with Gasteiger partial charge in [0.05, 0.1) is 33.4 Å². The molecule has 2 heterocycles. The van der Waals surface area contributed by atoms with E-state index in [1.807, 2.05) is 12.7 Å². The zero-order valence-corrected chi connectivity index (χ0v) is 21.7. The van der Waals surface area contributed by atoms with E-state index in [9.17, 15) is 0 Å². The smallest absolute Gasteiger partial charge is 0.100 e. The van der Waals surface area contributed by atoms with Gasteiger partial charge < -0.3 is 0 Å².